The first-order valence-corrected chi connectivity index (χ1v) is 10.4. The fourth-order valence-corrected chi connectivity index (χ4v) is 3.56. The van der Waals surface area contributed by atoms with E-state index in [9.17, 15) is 0 Å². The number of rotatable bonds is 9. The Morgan fingerprint density at radius 2 is 1.70 bits per heavy atom. The summed E-state index contributed by atoms with van der Waals surface area (Å²) in [7, 11) is 0. The first kappa shape index (κ1) is 19.9. The molecule has 2 aromatic carbocycles. The molecule has 0 atom stereocenters. The average Bonchev–Trinajstić information content (AvgIpc) is 3.07. The van der Waals surface area contributed by atoms with Crippen LogP contribution in [0.3, 0.4) is 0 Å². The third-order valence-electron chi connectivity index (χ3n) is 4.62. The van der Waals surface area contributed by atoms with Gasteiger partial charge in [-0.2, -0.15) is 5.10 Å². The molecule has 0 unspecified atom stereocenters. The topological polar surface area (TPSA) is 30.7 Å². The summed E-state index contributed by atoms with van der Waals surface area (Å²) in [6.07, 6.45) is 7.10. The number of nitrogens with zero attached hydrogens (tertiary/aromatic N) is 3. The lowest BCUT2D eigenvalue weighted by molar-refractivity contribution is 0.586. The average molecular weight is 402 g/mol. The van der Waals surface area contributed by atoms with Crippen molar-refractivity contribution in [2.45, 2.75) is 52.0 Å². The lowest BCUT2D eigenvalue weighted by atomic mass is 10.1. The number of halogens is 2. The highest BCUT2D eigenvalue weighted by Crippen LogP contribution is 2.23. The zero-order chi connectivity index (χ0) is 19.1. The minimum atomic E-state index is 0.597. The van der Waals surface area contributed by atoms with Crippen molar-refractivity contribution in [2.24, 2.45) is 0 Å². The highest BCUT2D eigenvalue weighted by molar-refractivity contribution is 6.35. The largest absolute Gasteiger partial charge is 0.245 e. The number of aromatic nitrogens is 3. The second kappa shape index (κ2) is 9.91. The Balaban J connectivity index is 1.82. The first-order chi connectivity index (χ1) is 13.2. The standard InChI is InChI=1S/C22H25Cl2N3/c1-2-3-4-5-9-12-21-25-22(17-10-7-6-8-11-17)26-27(21)16-18-13-14-19(23)15-20(18)24/h6-8,10-11,13-15H,2-5,9,12,16H2,1H3. The molecule has 0 spiro atoms. The quantitative estimate of drug-likeness (QED) is 0.368. The van der Waals surface area contributed by atoms with Crippen LogP contribution in [0, 0.1) is 0 Å². The van der Waals surface area contributed by atoms with E-state index in [2.05, 4.69) is 6.92 Å². The van der Waals surface area contributed by atoms with Crippen molar-refractivity contribution >= 4 is 23.2 Å². The molecule has 1 aromatic heterocycles. The van der Waals surface area contributed by atoms with Crippen LogP contribution in [0.4, 0.5) is 0 Å². The van der Waals surface area contributed by atoms with Crippen molar-refractivity contribution in [1.82, 2.24) is 14.8 Å². The molecule has 0 aliphatic rings. The van der Waals surface area contributed by atoms with E-state index in [1.165, 1.54) is 25.7 Å². The van der Waals surface area contributed by atoms with Crippen molar-refractivity contribution in [3.8, 4) is 11.4 Å². The van der Waals surface area contributed by atoms with Crippen LogP contribution in [0.1, 0.15) is 50.4 Å². The Hall–Kier alpha value is -1.84. The van der Waals surface area contributed by atoms with E-state index in [0.29, 0.717) is 16.6 Å². The van der Waals surface area contributed by atoms with E-state index in [4.69, 9.17) is 33.3 Å². The van der Waals surface area contributed by atoms with E-state index in [-0.39, 0.29) is 0 Å². The molecule has 3 aromatic rings. The molecule has 0 radical (unpaired) electrons. The Kier molecular flexibility index (Phi) is 7.31. The summed E-state index contributed by atoms with van der Waals surface area (Å²) < 4.78 is 1.98. The summed E-state index contributed by atoms with van der Waals surface area (Å²) in [5.74, 6) is 1.78. The smallest absolute Gasteiger partial charge is 0.181 e. The minimum absolute atomic E-state index is 0.597. The van der Waals surface area contributed by atoms with Gasteiger partial charge in [-0.3, -0.25) is 0 Å². The maximum atomic E-state index is 6.37. The van der Waals surface area contributed by atoms with Gasteiger partial charge in [-0.05, 0) is 24.1 Å². The van der Waals surface area contributed by atoms with Gasteiger partial charge < -0.3 is 0 Å². The van der Waals surface area contributed by atoms with Gasteiger partial charge in [0.15, 0.2) is 5.82 Å². The third kappa shape index (κ3) is 5.57. The third-order valence-corrected chi connectivity index (χ3v) is 5.21. The van der Waals surface area contributed by atoms with Gasteiger partial charge in [0.05, 0.1) is 6.54 Å². The summed E-state index contributed by atoms with van der Waals surface area (Å²) in [6, 6.07) is 15.7. The Labute approximate surface area is 171 Å². The van der Waals surface area contributed by atoms with Gasteiger partial charge in [0, 0.05) is 22.0 Å². The van der Waals surface area contributed by atoms with Crippen molar-refractivity contribution in [1.29, 1.82) is 0 Å². The molecule has 3 nitrogen and oxygen atoms in total. The van der Waals surface area contributed by atoms with Crippen LogP contribution in [-0.2, 0) is 13.0 Å². The fraction of sp³-hybridized carbons (Fsp3) is 0.364. The van der Waals surface area contributed by atoms with Gasteiger partial charge in [-0.25, -0.2) is 9.67 Å². The predicted octanol–water partition coefficient (Wildman–Crippen LogP) is 6.81. The number of unbranched alkanes of at least 4 members (excludes halogenated alkanes) is 4. The van der Waals surface area contributed by atoms with E-state index in [1.54, 1.807) is 6.07 Å². The summed E-state index contributed by atoms with van der Waals surface area (Å²) in [6.45, 7) is 2.83. The van der Waals surface area contributed by atoms with Crippen LogP contribution < -0.4 is 0 Å². The van der Waals surface area contributed by atoms with E-state index < -0.39 is 0 Å². The van der Waals surface area contributed by atoms with Gasteiger partial charge >= 0.3 is 0 Å². The van der Waals surface area contributed by atoms with E-state index in [1.807, 2.05) is 47.1 Å². The lowest BCUT2D eigenvalue weighted by Gasteiger charge is -2.08. The van der Waals surface area contributed by atoms with Crippen molar-refractivity contribution in [3.05, 3.63) is 70.0 Å². The SMILES string of the molecule is CCCCCCCc1nc(-c2ccccc2)nn1Cc1ccc(Cl)cc1Cl. The molecule has 0 N–H and O–H groups in total. The second-order valence-electron chi connectivity index (χ2n) is 6.78. The summed E-state index contributed by atoms with van der Waals surface area (Å²) >= 11 is 12.4. The zero-order valence-corrected chi connectivity index (χ0v) is 17.2. The second-order valence-corrected chi connectivity index (χ2v) is 7.62. The van der Waals surface area contributed by atoms with Crippen LogP contribution in [0.25, 0.3) is 11.4 Å². The predicted molar refractivity (Wildman–Crippen MR) is 113 cm³/mol. The Morgan fingerprint density at radius 3 is 2.44 bits per heavy atom. The van der Waals surface area contributed by atoms with Crippen LogP contribution in [-0.4, -0.2) is 14.8 Å². The molecule has 0 bridgehead atoms. The molecule has 0 saturated carbocycles. The molecular formula is C22H25Cl2N3. The molecule has 0 aliphatic heterocycles. The van der Waals surface area contributed by atoms with Crippen molar-refractivity contribution in [3.63, 3.8) is 0 Å². The van der Waals surface area contributed by atoms with Crippen LogP contribution in [0.5, 0.6) is 0 Å². The summed E-state index contributed by atoms with van der Waals surface area (Å²) in [5.41, 5.74) is 2.03. The molecule has 0 aliphatic carbocycles. The van der Waals surface area contributed by atoms with Crippen molar-refractivity contribution in [2.75, 3.05) is 0 Å². The highest BCUT2D eigenvalue weighted by atomic mass is 35.5. The Morgan fingerprint density at radius 1 is 0.926 bits per heavy atom. The van der Waals surface area contributed by atoms with Crippen LogP contribution in [0.15, 0.2) is 48.5 Å². The van der Waals surface area contributed by atoms with Gasteiger partial charge in [0.2, 0.25) is 0 Å². The lowest BCUT2D eigenvalue weighted by Crippen LogP contribution is -2.07. The van der Waals surface area contributed by atoms with Gasteiger partial charge in [-0.15, -0.1) is 0 Å². The number of benzene rings is 2. The molecule has 27 heavy (non-hydrogen) atoms. The molecule has 1 heterocycles. The molecule has 0 saturated heterocycles. The maximum absolute atomic E-state index is 6.37. The molecule has 3 rings (SSSR count). The normalized spacial score (nSPS) is 11.1. The number of hydrogen-bond acceptors (Lipinski definition) is 2. The minimum Gasteiger partial charge on any atom is -0.245 e. The maximum Gasteiger partial charge on any atom is 0.181 e. The van der Waals surface area contributed by atoms with Crippen LogP contribution >= 0.6 is 23.2 Å². The fourth-order valence-electron chi connectivity index (χ4n) is 3.09. The highest BCUT2D eigenvalue weighted by Gasteiger charge is 2.13. The van der Waals surface area contributed by atoms with Gasteiger partial charge in [0.25, 0.3) is 0 Å². The number of hydrogen-bond donors (Lipinski definition) is 0. The molecule has 0 fully saturated rings. The monoisotopic (exact) mass is 401 g/mol. The van der Waals surface area contributed by atoms with E-state index in [0.717, 1.165) is 35.6 Å². The van der Waals surface area contributed by atoms with Crippen LogP contribution in [0.2, 0.25) is 10.0 Å². The molecule has 0 amide bonds. The van der Waals surface area contributed by atoms with E-state index >= 15 is 0 Å². The first-order valence-electron chi connectivity index (χ1n) is 9.60. The summed E-state index contributed by atoms with van der Waals surface area (Å²) in [5, 5.41) is 6.07. The van der Waals surface area contributed by atoms with Gasteiger partial charge in [-0.1, -0.05) is 92.2 Å². The summed E-state index contributed by atoms with van der Waals surface area (Å²) in [4.78, 5) is 4.82. The Bertz CT molecular complexity index is 859. The number of aryl methyl sites for hydroxylation is 1. The zero-order valence-electron chi connectivity index (χ0n) is 15.7. The molecule has 5 heteroatoms. The molecular weight excluding hydrogens is 377 g/mol. The van der Waals surface area contributed by atoms with Gasteiger partial charge in [0.1, 0.15) is 5.82 Å². The molecule has 142 valence electrons. The van der Waals surface area contributed by atoms with Crippen molar-refractivity contribution < 1.29 is 0 Å².